The lowest BCUT2D eigenvalue weighted by molar-refractivity contribution is 0.201. The van der Waals surface area contributed by atoms with Crippen molar-refractivity contribution in [1.82, 2.24) is 14.9 Å². The molecule has 3 heterocycles. The Kier molecular flexibility index (Phi) is 5.03. The molecule has 1 aromatic heterocycles. The number of carbonyl (C=O) groups is 1. The number of hydrogen-bond donors (Lipinski definition) is 0. The van der Waals surface area contributed by atoms with E-state index in [9.17, 15) is 4.79 Å². The number of carbonyl (C=O) groups excluding carboxylic acids is 1. The van der Waals surface area contributed by atoms with Crippen molar-refractivity contribution in [2.75, 3.05) is 61.0 Å². The molecule has 4 rings (SSSR count). The first-order valence-corrected chi connectivity index (χ1v) is 9.59. The average Bonchev–Trinajstić information content (AvgIpc) is 2.87. The molecular formula is C19H23ClN6O. The van der Waals surface area contributed by atoms with E-state index in [1.807, 2.05) is 35.0 Å². The largest absolute Gasteiger partial charge is 0.373 e. The van der Waals surface area contributed by atoms with Gasteiger partial charge in [-0.15, -0.1) is 0 Å². The van der Waals surface area contributed by atoms with Gasteiger partial charge < -0.3 is 14.7 Å². The molecule has 0 aliphatic carbocycles. The van der Waals surface area contributed by atoms with Crippen LogP contribution in [-0.4, -0.2) is 67.2 Å². The number of piperazine rings is 1. The molecule has 0 spiro atoms. The maximum Gasteiger partial charge on any atom is 0.324 e. The van der Waals surface area contributed by atoms with E-state index in [0.717, 1.165) is 43.2 Å². The standard InChI is InChI=1S/C19H23ClN6O/c1-23-7-2-8-26(16-4-3-15(20)13-17(16)23)19(27)25-11-9-24(10-12-25)18-14-21-5-6-22-18/h3-6,13-14H,2,7-12H2,1H3. The Morgan fingerprint density at radius 1 is 1.04 bits per heavy atom. The first kappa shape index (κ1) is 17.9. The molecule has 0 atom stereocenters. The van der Waals surface area contributed by atoms with Crippen molar-refractivity contribution in [3.8, 4) is 0 Å². The molecule has 0 saturated carbocycles. The van der Waals surface area contributed by atoms with Crippen LogP contribution in [0.3, 0.4) is 0 Å². The smallest absolute Gasteiger partial charge is 0.324 e. The number of rotatable bonds is 1. The highest BCUT2D eigenvalue weighted by Crippen LogP contribution is 2.34. The van der Waals surface area contributed by atoms with Crippen molar-refractivity contribution >= 4 is 34.8 Å². The number of urea groups is 1. The van der Waals surface area contributed by atoms with Gasteiger partial charge in [-0.25, -0.2) is 9.78 Å². The van der Waals surface area contributed by atoms with Gasteiger partial charge in [-0.3, -0.25) is 9.88 Å². The van der Waals surface area contributed by atoms with Crippen molar-refractivity contribution in [1.29, 1.82) is 0 Å². The van der Waals surface area contributed by atoms with Crippen molar-refractivity contribution in [2.45, 2.75) is 6.42 Å². The zero-order valence-electron chi connectivity index (χ0n) is 15.4. The monoisotopic (exact) mass is 386 g/mol. The summed E-state index contributed by atoms with van der Waals surface area (Å²) in [5.74, 6) is 0.862. The third-order valence-corrected chi connectivity index (χ3v) is 5.40. The molecule has 8 heteroatoms. The number of fused-ring (bicyclic) bond motifs is 1. The van der Waals surface area contributed by atoms with E-state index in [4.69, 9.17) is 11.6 Å². The quantitative estimate of drug-likeness (QED) is 0.754. The Bertz CT molecular complexity index is 809. The van der Waals surface area contributed by atoms with Crippen LogP contribution in [0.1, 0.15) is 6.42 Å². The third-order valence-electron chi connectivity index (χ3n) is 5.17. The molecule has 27 heavy (non-hydrogen) atoms. The van der Waals surface area contributed by atoms with Crippen molar-refractivity contribution in [3.63, 3.8) is 0 Å². The summed E-state index contributed by atoms with van der Waals surface area (Å²) in [6.45, 7) is 4.46. The second-order valence-electron chi connectivity index (χ2n) is 6.88. The second-order valence-corrected chi connectivity index (χ2v) is 7.32. The zero-order valence-corrected chi connectivity index (χ0v) is 16.1. The Labute approximate surface area is 164 Å². The van der Waals surface area contributed by atoms with Gasteiger partial charge in [0.15, 0.2) is 0 Å². The van der Waals surface area contributed by atoms with Gasteiger partial charge in [-0.2, -0.15) is 0 Å². The van der Waals surface area contributed by atoms with Gasteiger partial charge in [0.2, 0.25) is 0 Å². The van der Waals surface area contributed by atoms with Gasteiger partial charge in [0, 0.05) is 63.7 Å². The fourth-order valence-electron chi connectivity index (χ4n) is 3.69. The summed E-state index contributed by atoms with van der Waals surface area (Å²) in [6.07, 6.45) is 6.06. The maximum atomic E-state index is 13.3. The van der Waals surface area contributed by atoms with E-state index in [-0.39, 0.29) is 6.03 Å². The van der Waals surface area contributed by atoms with Gasteiger partial charge in [-0.05, 0) is 24.6 Å². The minimum absolute atomic E-state index is 0.0627. The van der Waals surface area contributed by atoms with E-state index in [0.29, 0.717) is 24.7 Å². The van der Waals surface area contributed by atoms with E-state index in [2.05, 4.69) is 19.8 Å². The van der Waals surface area contributed by atoms with Crippen LogP contribution >= 0.6 is 11.6 Å². The van der Waals surface area contributed by atoms with Crippen molar-refractivity contribution in [2.24, 2.45) is 0 Å². The fraction of sp³-hybridized carbons (Fsp3) is 0.421. The van der Waals surface area contributed by atoms with Crippen LogP contribution in [0.25, 0.3) is 0 Å². The van der Waals surface area contributed by atoms with E-state index in [1.165, 1.54) is 0 Å². The lowest BCUT2D eigenvalue weighted by Crippen LogP contribution is -2.53. The number of halogens is 1. The maximum absolute atomic E-state index is 13.3. The topological polar surface area (TPSA) is 55.8 Å². The van der Waals surface area contributed by atoms with Crippen LogP contribution in [0.5, 0.6) is 0 Å². The molecule has 2 aliphatic rings. The molecule has 2 amide bonds. The lowest BCUT2D eigenvalue weighted by Gasteiger charge is -2.38. The Morgan fingerprint density at radius 3 is 2.59 bits per heavy atom. The van der Waals surface area contributed by atoms with Crippen molar-refractivity contribution < 1.29 is 4.79 Å². The predicted octanol–water partition coefficient (Wildman–Crippen LogP) is 2.72. The molecule has 1 saturated heterocycles. The van der Waals surface area contributed by atoms with Crippen LogP contribution in [0.2, 0.25) is 5.02 Å². The summed E-state index contributed by atoms with van der Waals surface area (Å²) in [7, 11) is 2.04. The first-order valence-electron chi connectivity index (χ1n) is 9.21. The van der Waals surface area contributed by atoms with Crippen LogP contribution < -0.4 is 14.7 Å². The molecule has 7 nitrogen and oxygen atoms in total. The minimum atomic E-state index is 0.0627. The highest BCUT2D eigenvalue weighted by atomic mass is 35.5. The Hall–Kier alpha value is -2.54. The molecular weight excluding hydrogens is 364 g/mol. The van der Waals surface area contributed by atoms with Gasteiger partial charge in [0.1, 0.15) is 5.82 Å². The summed E-state index contributed by atoms with van der Waals surface area (Å²) in [6, 6.07) is 5.81. The van der Waals surface area contributed by atoms with Crippen LogP contribution in [0.15, 0.2) is 36.8 Å². The van der Waals surface area contributed by atoms with Crippen molar-refractivity contribution in [3.05, 3.63) is 41.8 Å². The summed E-state index contributed by atoms with van der Waals surface area (Å²) in [5, 5.41) is 0.687. The molecule has 0 unspecified atom stereocenters. The number of benzene rings is 1. The van der Waals surface area contributed by atoms with E-state index < -0.39 is 0 Å². The molecule has 2 aliphatic heterocycles. The molecule has 0 radical (unpaired) electrons. The summed E-state index contributed by atoms with van der Waals surface area (Å²) < 4.78 is 0. The average molecular weight is 387 g/mol. The second kappa shape index (κ2) is 7.60. The molecule has 0 bridgehead atoms. The van der Waals surface area contributed by atoms with E-state index >= 15 is 0 Å². The first-order chi connectivity index (χ1) is 13.1. The van der Waals surface area contributed by atoms with Gasteiger partial charge in [0.05, 0.1) is 17.6 Å². The van der Waals surface area contributed by atoms with Gasteiger partial charge >= 0.3 is 6.03 Å². The van der Waals surface area contributed by atoms with Crippen LogP contribution in [0, 0.1) is 0 Å². The number of amides is 2. The van der Waals surface area contributed by atoms with E-state index in [1.54, 1.807) is 18.6 Å². The van der Waals surface area contributed by atoms with Gasteiger partial charge in [-0.1, -0.05) is 11.6 Å². The fourth-order valence-corrected chi connectivity index (χ4v) is 3.85. The normalized spacial score (nSPS) is 17.6. The molecule has 2 aromatic rings. The summed E-state index contributed by atoms with van der Waals surface area (Å²) >= 11 is 6.19. The molecule has 0 N–H and O–H groups in total. The minimum Gasteiger partial charge on any atom is -0.373 e. The number of hydrogen-bond acceptors (Lipinski definition) is 5. The van der Waals surface area contributed by atoms with Crippen LogP contribution in [0.4, 0.5) is 22.0 Å². The number of nitrogens with zero attached hydrogens (tertiary/aromatic N) is 6. The lowest BCUT2D eigenvalue weighted by atomic mass is 10.2. The number of anilines is 3. The Morgan fingerprint density at radius 2 is 1.85 bits per heavy atom. The summed E-state index contributed by atoms with van der Waals surface area (Å²) in [5.41, 5.74) is 1.94. The summed E-state index contributed by atoms with van der Waals surface area (Å²) in [4.78, 5) is 29.9. The Balaban J connectivity index is 1.49. The highest BCUT2D eigenvalue weighted by molar-refractivity contribution is 6.31. The number of aromatic nitrogens is 2. The molecule has 1 aromatic carbocycles. The third kappa shape index (κ3) is 3.64. The molecule has 142 valence electrons. The highest BCUT2D eigenvalue weighted by Gasteiger charge is 2.29. The predicted molar refractivity (Wildman–Crippen MR) is 108 cm³/mol. The molecule has 1 fully saturated rings. The van der Waals surface area contributed by atoms with Crippen LogP contribution in [-0.2, 0) is 0 Å². The van der Waals surface area contributed by atoms with Gasteiger partial charge in [0.25, 0.3) is 0 Å². The zero-order chi connectivity index (χ0) is 18.8. The SMILES string of the molecule is CN1CCCN(C(=O)N2CCN(c3cnccn3)CC2)c2ccc(Cl)cc21.